The Morgan fingerprint density at radius 1 is 0.962 bits per heavy atom. The van der Waals surface area contributed by atoms with Crippen LogP contribution < -0.4 is 0 Å². The van der Waals surface area contributed by atoms with E-state index in [0.717, 1.165) is 23.6 Å². The summed E-state index contributed by atoms with van der Waals surface area (Å²) in [5.74, 6) is 0.0130. The Morgan fingerprint density at radius 3 is 2.35 bits per heavy atom. The molecule has 0 radical (unpaired) electrons. The predicted molar refractivity (Wildman–Crippen MR) is 100 cm³/mol. The van der Waals surface area contributed by atoms with Crippen LogP contribution in [0.25, 0.3) is 10.8 Å². The van der Waals surface area contributed by atoms with E-state index in [0.29, 0.717) is 11.4 Å². The van der Waals surface area contributed by atoms with Crippen LogP contribution in [0.2, 0.25) is 0 Å². The molecule has 0 bridgehead atoms. The minimum Gasteiger partial charge on any atom is -0.506 e. The summed E-state index contributed by atoms with van der Waals surface area (Å²) in [6, 6.07) is 14.7. The number of aromatic hydroxyl groups is 1. The maximum Gasteiger partial charge on any atom is 0.294 e. The van der Waals surface area contributed by atoms with Crippen molar-refractivity contribution in [3.05, 3.63) is 60.2 Å². The highest BCUT2D eigenvalue weighted by Crippen LogP contribution is 2.36. The molecule has 7 heteroatoms. The van der Waals surface area contributed by atoms with E-state index in [1.54, 1.807) is 6.07 Å². The minimum absolute atomic E-state index is 0.0130. The van der Waals surface area contributed by atoms with E-state index in [1.807, 2.05) is 18.2 Å². The smallest absolute Gasteiger partial charge is 0.294 e. The second kappa shape index (κ2) is 7.23. The monoisotopic (exact) mass is 370 g/mol. The van der Waals surface area contributed by atoms with Gasteiger partial charge in [0.15, 0.2) is 0 Å². The molecule has 0 aliphatic heterocycles. The van der Waals surface area contributed by atoms with Crippen molar-refractivity contribution in [2.75, 3.05) is 0 Å². The van der Waals surface area contributed by atoms with Gasteiger partial charge in [0.25, 0.3) is 10.1 Å². The van der Waals surface area contributed by atoms with Gasteiger partial charge in [-0.25, -0.2) is 0 Å². The number of hydrogen-bond donors (Lipinski definition) is 2. The number of phenolic OH excluding ortho intramolecular Hbond substituents is 1. The van der Waals surface area contributed by atoms with Crippen molar-refractivity contribution < 1.29 is 18.1 Å². The van der Waals surface area contributed by atoms with Gasteiger partial charge in [-0.15, -0.1) is 5.11 Å². The first-order chi connectivity index (χ1) is 12.4. The molecule has 0 spiro atoms. The van der Waals surface area contributed by atoms with Gasteiger partial charge in [0.05, 0.1) is 10.6 Å². The predicted octanol–water partition coefficient (Wildman–Crippen LogP) is 5.16. The van der Waals surface area contributed by atoms with Crippen molar-refractivity contribution in [2.24, 2.45) is 10.2 Å². The average Bonchev–Trinajstić information content (AvgIpc) is 2.61. The number of phenols is 1. The molecule has 0 heterocycles. The Kier molecular flexibility index (Phi) is 5.01. The molecule has 0 atom stereocenters. The third-order valence-electron chi connectivity index (χ3n) is 3.97. The lowest BCUT2D eigenvalue weighted by Gasteiger charge is -2.06. The fourth-order valence-corrected chi connectivity index (χ4v) is 3.17. The molecule has 3 aromatic carbocycles. The molecule has 0 aromatic heterocycles. The summed E-state index contributed by atoms with van der Waals surface area (Å²) in [7, 11) is -4.24. The van der Waals surface area contributed by atoms with E-state index in [-0.39, 0.29) is 10.6 Å². The van der Waals surface area contributed by atoms with Crippen LogP contribution in [0.3, 0.4) is 0 Å². The number of aryl methyl sites for hydroxylation is 1. The summed E-state index contributed by atoms with van der Waals surface area (Å²) in [6.07, 6.45) is 2.03. The third-order valence-corrected chi connectivity index (χ3v) is 4.84. The minimum atomic E-state index is -4.24. The molecule has 0 saturated heterocycles. The number of rotatable bonds is 5. The Bertz CT molecular complexity index is 1070. The Balaban J connectivity index is 1.97. The van der Waals surface area contributed by atoms with Crippen molar-refractivity contribution >= 4 is 32.3 Å². The molecule has 2 N–H and O–H groups in total. The van der Waals surface area contributed by atoms with E-state index in [1.165, 1.54) is 29.8 Å². The summed E-state index contributed by atoms with van der Waals surface area (Å²) < 4.78 is 31.1. The standard InChI is InChI=1S/C19H18N2O4S/c1-2-3-13-4-10-17-14(12-13)5-11-18(22)19(17)21-20-15-6-8-16(9-7-15)26(23,24)25/h4-12,22H,2-3H2,1H3,(H,23,24,25). The van der Waals surface area contributed by atoms with Crippen molar-refractivity contribution in [1.82, 2.24) is 0 Å². The summed E-state index contributed by atoms with van der Waals surface area (Å²) in [6.45, 7) is 2.12. The molecule has 3 rings (SSSR count). The van der Waals surface area contributed by atoms with E-state index in [4.69, 9.17) is 4.55 Å². The Morgan fingerprint density at radius 2 is 1.69 bits per heavy atom. The van der Waals surface area contributed by atoms with E-state index < -0.39 is 10.1 Å². The van der Waals surface area contributed by atoms with Crippen LogP contribution in [0, 0.1) is 0 Å². The van der Waals surface area contributed by atoms with Gasteiger partial charge in [0, 0.05) is 5.39 Å². The molecule has 0 aliphatic rings. The highest BCUT2D eigenvalue weighted by molar-refractivity contribution is 7.85. The first-order valence-electron chi connectivity index (χ1n) is 8.12. The average molecular weight is 370 g/mol. The molecule has 0 saturated carbocycles. The van der Waals surface area contributed by atoms with Crippen LogP contribution in [-0.4, -0.2) is 18.1 Å². The quantitative estimate of drug-likeness (QED) is 0.478. The van der Waals surface area contributed by atoms with E-state index in [2.05, 4.69) is 23.2 Å². The second-order valence-electron chi connectivity index (χ2n) is 5.91. The fourth-order valence-electron chi connectivity index (χ4n) is 2.69. The van der Waals surface area contributed by atoms with Gasteiger partial charge in [-0.3, -0.25) is 4.55 Å². The van der Waals surface area contributed by atoms with Gasteiger partial charge in [-0.05, 0) is 47.7 Å². The largest absolute Gasteiger partial charge is 0.506 e. The van der Waals surface area contributed by atoms with Gasteiger partial charge in [-0.2, -0.15) is 13.5 Å². The van der Waals surface area contributed by atoms with Crippen LogP contribution in [0.1, 0.15) is 18.9 Å². The molecule has 0 amide bonds. The first-order valence-corrected chi connectivity index (χ1v) is 9.56. The van der Waals surface area contributed by atoms with Crippen LogP contribution in [-0.2, 0) is 16.5 Å². The topological polar surface area (TPSA) is 99.3 Å². The van der Waals surface area contributed by atoms with Crippen molar-refractivity contribution in [3.8, 4) is 5.75 Å². The normalized spacial score (nSPS) is 12.1. The van der Waals surface area contributed by atoms with Gasteiger partial charge < -0.3 is 5.11 Å². The van der Waals surface area contributed by atoms with Crippen LogP contribution >= 0.6 is 0 Å². The van der Waals surface area contributed by atoms with Gasteiger partial charge >= 0.3 is 0 Å². The molecular formula is C19H18N2O4S. The fraction of sp³-hybridized carbons (Fsp3) is 0.158. The van der Waals surface area contributed by atoms with Gasteiger partial charge in [0.1, 0.15) is 11.4 Å². The molecule has 0 aliphatic carbocycles. The summed E-state index contributed by atoms with van der Waals surface area (Å²) in [4.78, 5) is -0.215. The molecule has 0 unspecified atom stereocenters. The molecular weight excluding hydrogens is 352 g/mol. The number of hydrogen-bond acceptors (Lipinski definition) is 5. The number of azo groups is 1. The summed E-state index contributed by atoms with van der Waals surface area (Å²) >= 11 is 0. The van der Waals surface area contributed by atoms with Crippen LogP contribution in [0.15, 0.2) is 69.7 Å². The maximum atomic E-state index is 11.1. The van der Waals surface area contributed by atoms with Gasteiger partial charge in [-0.1, -0.05) is 37.6 Å². The first kappa shape index (κ1) is 18.0. The lowest BCUT2D eigenvalue weighted by molar-refractivity contribution is 0.477. The lowest BCUT2D eigenvalue weighted by atomic mass is 10.0. The van der Waals surface area contributed by atoms with Crippen molar-refractivity contribution in [3.63, 3.8) is 0 Å². The zero-order valence-electron chi connectivity index (χ0n) is 14.1. The third kappa shape index (κ3) is 3.89. The number of benzene rings is 3. The van der Waals surface area contributed by atoms with Crippen molar-refractivity contribution in [1.29, 1.82) is 0 Å². The SMILES string of the molecule is CCCc1ccc2c(N=Nc3ccc(S(=O)(=O)O)cc3)c(O)ccc2c1. The zero-order valence-corrected chi connectivity index (χ0v) is 14.9. The number of fused-ring (bicyclic) bond motifs is 1. The maximum absolute atomic E-state index is 11.1. The van der Waals surface area contributed by atoms with Crippen molar-refractivity contribution in [2.45, 2.75) is 24.7 Å². The molecule has 6 nitrogen and oxygen atoms in total. The van der Waals surface area contributed by atoms with Gasteiger partial charge in [0.2, 0.25) is 0 Å². The molecule has 0 fully saturated rings. The van der Waals surface area contributed by atoms with E-state index in [9.17, 15) is 13.5 Å². The summed E-state index contributed by atoms with van der Waals surface area (Å²) in [5.41, 5.74) is 1.97. The number of nitrogens with zero attached hydrogens (tertiary/aromatic N) is 2. The zero-order chi connectivity index (χ0) is 18.7. The molecule has 3 aromatic rings. The summed E-state index contributed by atoms with van der Waals surface area (Å²) in [5, 5.41) is 20.1. The highest BCUT2D eigenvalue weighted by atomic mass is 32.2. The second-order valence-corrected chi connectivity index (χ2v) is 7.33. The Labute approximate surface area is 151 Å². The van der Waals surface area contributed by atoms with Crippen LogP contribution in [0.4, 0.5) is 11.4 Å². The molecule has 26 heavy (non-hydrogen) atoms. The lowest BCUT2D eigenvalue weighted by Crippen LogP contribution is -1.96. The molecule has 134 valence electrons. The van der Waals surface area contributed by atoms with E-state index >= 15 is 0 Å². The highest BCUT2D eigenvalue weighted by Gasteiger charge is 2.09. The van der Waals surface area contributed by atoms with Crippen LogP contribution in [0.5, 0.6) is 5.75 Å². The Hall–Kier alpha value is -2.77.